The van der Waals surface area contributed by atoms with E-state index < -0.39 is 41.1 Å². The van der Waals surface area contributed by atoms with Crippen LogP contribution in [0.25, 0.3) is 10.8 Å². The second-order valence-corrected chi connectivity index (χ2v) is 7.20. The monoisotopic (exact) mass is 438 g/mol. The highest BCUT2D eigenvalue weighted by Crippen LogP contribution is 2.31. The van der Waals surface area contributed by atoms with Crippen LogP contribution in [0.15, 0.2) is 60.7 Å². The van der Waals surface area contributed by atoms with Crippen LogP contribution in [-0.4, -0.2) is 5.11 Å². The fraction of sp³-hybridized carbons (Fsp3) is 0.0769. The van der Waals surface area contributed by atoms with Gasteiger partial charge in [-0.05, 0) is 28.6 Å². The maximum absolute atomic E-state index is 13.8. The second-order valence-electron chi connectivity index (χ2n) is 7.20. The van der Waals surface area contributed by atoms with Crippen LogP contribution in [0.1, 0.15) is 22.3 Å². The van der Waals surface area contributed by atoms with Crippen molar-refractivity contribution in [1.82, 2.24) is 0 Å². The molecular weight excluding hydrogens is 423 g/mol. The van der Waals surface area contributed by atoms with Crippen molar-refractivity contribution < 1.29 is 27.1 Å². The van der Waals surface area contributed by atoms with Crippen molar-refractivity contribution in [3.05, 3.63) is 112 Å². The molecule has 6 heteroatoms. The van der Waals surface area contributed by atoms with Gasteiger partial charge < -0.3 is 5.11 Å². The number of halogens is 5. The molecule has 4 rings (SSSR count). The summed E-state index contributed by atoms with van der Waals surface area (Å²) >= 11 is 0. The molecule has 0 aliphatic heterocycles. The zero-order chi connectivity index (χ0) is 22.8. The summed E-state index contributed by atoms with van der Waals surface area (Å²) in [6, 6.07) is 18.3. The van der Waals surface area contributed by atoms with Gasteiger partial charge in [-0.15, -0.1) is 0 Å². The summed E-state index contributed by atoms with van der Waals surface area (Å²) in [6.45, 7) is 0. The molecule has 0 atom stereocenters. The first-order valence-corrected chi connectivity index (χ1v) is 9.64. The van der Waals surface area contributed by atoms with Crippen LogP contribution in [0.2, 0.25) is 0 Å². The van der Waals surface area contributed by atoms with Crippen LogP contribution in [0.5, 0.6) is 5.75 Å². The van der Waals surface area contributed by atoms with Crippen molar-refractivity contribution in [1.29, 1.82) is 0 Å². The molecule has 0 bridgehead atoms. The first-order valence-electron chi connectivity index (χ1n) is 9.64. The fourth-order valence-corrected chi connectivity index (χ4v) is 3.43. The number of hydrogen-bond donors (Lipinski definition) is 1. The second kappa shape index (κ2) is 8.72. The van der Waals surface area contributed by atoms with E-state index >= 15 is 0 Å². The van der Waals surface area contributed by atoms with Gasteiger partial charge in [0, 0.05) is 29.4 Å². The number of benzene rings is 4. The van der Waals surface area contributed by atoms with Crippen molar-refractivity contribution in [2.45, 2.75) is 12.8 Å². The Balaban J connectivity index is 1.64. The summed E-state index contributed by atoms with van der Waals surface area (Å²) in [7, 11) is 0. The SMILES string of the molecule is Oc1c(Cc2ccccc2)ccc2ccc(C#CCc3c(F)c(F)c(F)c(F)c3F)cc12. The molecule has 0 aromatic heterocycles. The number of phenolic OH excluding ortho intramolecular Hbond substituents is 1. The molecule has 0 spiro atoms. The number of hydrogen-bond acceptors (Lipinski definition) is 1. The zero-order valence-corrected chi connectivity index (χ0v) is 16.5. The van der Waals surface area contributed by atoms with Crippen LogP contribution >= 0.6 is 0 Å². The quantitative estimate of drug-likeness (QED) is 0.169. The Bertz CT molecular complexity index is 1360. The molecule has 4 aromatic rings. The molecule has 160 valence electrons. The first kappa shape index (κ1) is 21.4. The average Bonchev–Trinajstić information content (AvgIpc) is 2.81. The summed E-state index contributed by atoms with van der Waals surface area (Å²) < 4.78 is 67.4. The molecule has 1 N–H and O–H groups in total. The van der Waals surface area contributed by atoms with E-state index in [-0.39, 0.29) is 5.75 Å². The Morgan fingerprint density at radius 2 is 1.34 bits per heavy atom. The maximum atomic E-state index is 13.8. The summed E-state index contributed by atoms with van der Waals surface area (Å²) in [4.78, 5) is 0. The number of aromatic hydroxyl groups is 1. The lowest BCUT2D eigenvalue weighted by Gasteiger charge is -2.09. The van der Waals surface area contributed by atoms with Crippen LogP contribution in [0.4, 0.5) is 22.0 Å². The molecule has 0 amide bonds. The minimum absolute atomic E-state index is 0.0924. The van der Waals surface area contributed by atoms with Gasteiger partial charge in [-0.25, -0.2) is 22.0 Å². The molecule has 4 aromatic carbocycles. The first-order chi connectivity index (χ1) is 15.4. The van der Waals surface area contributed by atoms with Crippen molar-refractivity contribution in [3.8, 4) is 17.6 Å². The third kappa shape index (κ3) is 4.02. The van der Waals surface area contributed by atoms with E-state index in [1.54, 1.807) is 18.2 Å². The zero-order valence-electron chi connectivity index (χ0n) is 16.5. The van der Waals surface area contributed by atoms with E-state index in [2.05, 4.69) is 11.8 Å². The van der Waals surface area contributed by atoms with Gasteiger partial charge in [-0.2, -0.15) is 0 Å². The fourth-order valence-electron chi connectivity index (χ4n) is 3.43. The Morgan fingerprint density at radius 3 is 2.03 bits per heavy atom. The van der Waals surface area contributed by atoms with E-state index in [9.17, 15) is 27.1 Å². The molecule has 0 aliphatic carbocycles. The van der Waals surface area contributed by atoms with Gasteiger partial charge in [-0.1, -0.05) is 60.4 Å². The van der Waals surface area contributed by atoms with Crippen LogP contribution in [0.3, 0.4) is 0 Å². The topological polar surface area (TPSA) is 20.2 Å². The highest BCUT2D eigenvalue weighted by Gasteiger charge is 2.24. The van der Waals surface area contributed by atoms with Crippen molar-refractivity contribution >= 4 is 10.8 Å². The molecular formula is C26H15F5O. The highest BCUT2D eigenvalue weighted by molar-refractivity contribution is 5.90. The molecule has 0 fully saturated rings. The smallest absolute Gasteiger partial charge is 0.200 e. The molecule has 0 unspecified atom stereocenters. The van der Waals surface area contributed by atoms with E-state index in [0.717, 1.165) is 16.5 Å². The largest absolute Gasteiger partial charge is 0.507 e. The molecule has 0 saturated carbocycles. The lowest BCUT2D eigenvalue weighted by molar-refractivity contribution is 0.372. The van der Waals surface area contributed by atoms with Gasteiger partial charge in [0.1, 0.15) is 5.75 Å². The molecule has 1 nitrogen and oxygen atoms in total. The maximum Gasteiger partial charge on any atom is 0.200 e. The van der Waals surface area contributed by atoms with Gasteiger partial charge in [-0.3, -0.25) is 0 Å². The summed E-state index contributed by atoms with van der Waals surface area (Å²) in [6.07, 6.45) is -0.136. The van der Waals surface area contributed by atoms with E-state index in [4.69, 9.17) is 0 Å². The Kier molecular flexibility index (Phi) is 5.83. The molecule has 0 saturated heterocycles. The van der Waals surface area contributed by atoms with Crippen molar-refractivity contribution in [3.63, 3.8) is 0 Å². The van der Waals surface area contributed by atoms with Crippen molar-refractivity contribution in [2.75, 3.05) is 0 Å². The molecule has 0 radical (unpaired) electrons. The number of fused-ring (bicyclic) bond motifs is 1. The predicted octanol–water partition coefficient (Wildman–Crippen LogP) is 6.43. The predicted molar refractivity (Wildman–Crippen MR) is 112 cm³/mol. The molecule has 0 aliphatic rings. The number of phenols is 1. The third-order valence-electron chi connectivity index (χ3n) is 5.11. The van der Waals surface area contributed by atoms with E-state index in [1.807, 2.05) is 42.5 Å². The standard InChI is InChI=1S/C26H15F5O/c27-21-19(22(28)24(30)25(31)23(21)29)8-4-7-16-9-10-17-11-12-18(26(32)20(17)14-16)13-15-5-2-1-3-6-15/h1-3,5-6,9-12,14,32H,8,13H2. The Labute approximate surface area is 180 Å². The molecule has 0 heterocycles. The van der Waals surface area contributed by atoms with Crippen LogP contribution in [-0.2, 0) is 12.8 Å². The van der Waals surface area contributed by atoms with E-state index in [1.165, 1.54) is 0 Å². The molecule has 32 heavy (non-hydrogen) atoms. The van der Waals surface area contributed by atoms with Gasteiger partial charge >= 0.3 is 0 Å². The summed E-state index contributed by atoms with van der Waals surface area (Å²) in [5.74, 6) is -4.79. The van der Waals surface area contributed by atoms with Crippen molar-refractivity contribution in [2.24, 2.45) is 0 Å². The van der Waals surface area contributed by atoms with Gasteiger partial charge in [0.15, 0.2) is 23.3 Å². The van der Waals surface area contributed by atoms with Crippen LogP contribution < -0.4 is 0 Å². The van der Waals surface area contributed by atoms with Crippen LogP contribution in [0, 0.1) is 40.9 Å². The van der Waals surface area contributed by atoms with Gasteiger partial charge in [0.25, 0.3) is 0 Å². The summed E-state index contributed by atoms with van der Waals surface area (Å²) in [5.41, 5.74) is 1.19. The third-order valence-corrected chi connectivity index (χ3v) is 5.11. The minimum atomic E-state index is -2.20. The normalized spacial score (nSPS) is 10.8. The van der Waals surface area contributed by atoms with Gasteiger partial charge in [0.2, 0.25) is 5.82 Å². The average molecular weight is 438 g/mol. The Morgan fingerprint density at radius 1 is 0.719 bits per heavy atom. The summed E-state index contributed by atoms with van der Waals surface area (Å²) in [5, 5.41) is 12.0. The Hall–Kier alpha value is -3.85. The van der Waals surface area contributed by atoms with E-state index in [0.29, 0.717) is 17.4 Å². The lowest BCUT2D eigenvalue weighted by atomic mass is 9.98. The number of rotatable bonds is 3. The highest BCUT2D eigenvalue weighted by atomic mass is 19.2. The van der Waals surface area contributed by atoms with Gasteiger partial charge in [0.05, 0.1) is 0 Å². The lowest BCUT2D eigenvalue weighted by Crippen LogP contribution is -2.06. The minimum Gasteiger partial charge on any atom is -0.507 e.